The van der Waals surface area contributed by atoms with Crippen LogP contribution in [-0.4, -0.2) is 51.8 Å². The van der Waals surface area contributed by atoms with E-state index in [4.69, 9.17) is 0 Å². The van der Waals surface area contributed by atoms with Gasteiger partial charge in [0, 0.05) is 35.5 Å². The van der Waals surface area contributed by atoms with Gasteiger partial charge in [-0.3, -0.25) is 14.4 Å². The lowest BCUT2D eigenvalue weighted by molar-refractivity contribution is -0.113. The zero-order chi connectivity index (χ0) is 32.0. The summed E-state index contributed by atoms with van der Waals surface area (Å²) < 4.78 is 28.8. The molecule has 0 radical (unpaired) electrons. The average molecular weight is 615 g/mol. The number of benzene rings is 1. The Hall–Kier alpha value is -4.43. The lowest BCUT2D eigenvalue weighted by Gasteiger charge is -2.39. The lowest BCUT2D eigenvalue weighted by atomic mass is 9.95. The number of hydrogen-bond acceptors (Lipinski definition) is 6. The van der Waals surface area contributed by atoms with Crippen molar-refractivity contribution in [1.29, 1.82) is 5.26 Å². The zero-order valence-corrected chi connectivity index (χ0v) is 25.6. The first-order chi connectivity index (χ1) is 21.4. The van der Waals surface area contributed by atoms with Gasteiger partial charge >= 0.3 is 0 Å². The van der Waals surface area contributed by atoms with E-state index in [1.165, 1.54) is 18.9 Å². The normalized spacial score (nSPS) is 17.8. The Morgan fingerprint density at radius 2 is 1.80 bits per heavy atom. The van der Waals surface area contributed by atoms with E-state index in [1.807, 2.05) is 32.9 Å². The minimum atomic E-state index is -2.94. The first-order valence-electron chi connectivity index (χ1n) is 15.5. The molecule has 3 aromatic rings. The standard InChI is InChI=1S/C34H36F2N6O3/c1-19(2)42-16-25(20(3)38-15-21-4-5-21)11-28(33(42)45)31(43)40-30-13-24(12-29(39-30)23-7-8-23)26-9-6-22(14-37)10-27(26)32(44)41-17-34(35,36)18-41/h6,9-13,16,19-21,23,38H,4-5,7-8,15,17-18H2,1-3H3,(H,39,40,43). The van der Waals surface area contributed by atoms with Crippen molar-refractivity contribution in [3.63, 3.8) is 0 Å². The fraction of sp³-hybridized carbons (Fsp3) is 0.441. The molecule has 3 heterocycles. The van der Waals surface area contributed by atoms with Crippen LogP contribution in [0, 0.1) is 17.2 Å². The van der Waals surface area contributed by atoms with Crippen LogP contribution < -0.4 is 16.2 Å². The van der Waals surface area contributed by atoms with Crippen LogP contribution in [0.15, 0.2) is 47.4 Å². The Labute approximate surface area is 260 Å². The molecule has 0 spiro atoms. The molecule has 6 rings (SSSR count). The van der Waals surface area contributed by atoms with E-state index < -0.39 is 36.4 Å². The van der Waals surface area contributed by atoms with E-state index in [9.17, 15) is 28.4 Å². The van der Waals surface area contributed by atoms with Gasteiger partial charge in [-0.2, -0.15) is 5.26 Å². The third-order valence-corrected chi connectivity index (χ3v) is 8.68. The number of carbonyl (C=O) groups is 2. The fourth-order valence-corrected chi connectivity index (χ4v) is 5.60. The highest BCUT2D eigenvalue weighted by molar-refractivity contribution is 6.05. The molecule has 11 heteroatoms. The molecular formula is C34H36F2N6O3. The molecule has 1 atom stereocenters. The number of nitrogens with zero attached hydrogens (tertiary/aromatic N) is 4. The van der Waals surface area contributed by atoms with E-state index in [-0.39, 0.29) is 40.5 Å². The third-order valence-electron chi connectivity index (χ3n) is 8.68. The Morgan fingerprint density at radius 1 is 1.07 bits per heavy atom. The number of alkyl halides is 2. The molecule has 3 aliphatic rings. The van der Waals surface area contributed by atoms with Crippen molar-refractivity contribution in [2.45, 2.75) is 70.4 Å². The molecule has 1 saturated heterocycles. The van der Waals surface area contributed by atoms with Crippen molar-refractivity contribution in [1.82, 2.24) is 19.8 Å². The maximum absolute atomic E-state index is 13.7. The molecule has 2 saturated carbocycles. The smallest absolute Gasteiger partial charge is 0.282 e. The van der Waals surface area contributed by atoms with Gasteiger partial charge < -0.3 is 20.1 Å². The highest BCUT2D eigenvalue weighted by Crippen LogP contribution is 2.41. The van der Waals surface area contributed by atoms with Gasteiger partial charge in [0.1, 0.15) is 11.4 Å². The Morgan fingerprint density at radius 3 is 2.42 bits per heavy atom. The highest BCUT2D eigenvalue weighted by Gasteiger charge is 2.46. The largest absolute Gasteiger partial charge is 0.326 e. The summed E-state index contributed by atoms with van der Waals surface area (Å²) in [4.78, 5) is 46.2. The maximum atomic E-state index is 13.7. The molecule has 234 valence electrons. The first kappa shape index (κ1) is 30.6. The number of likely N-dealkylation sites (tertiary alicyclic amines) is 1. The molecule has 1 unspecified atom stereocenters. The van der Waals surface area contributed by atoms with Crippen LogP contribution in [0.5, 0.6) is 0 Å². The van der Waals surface area contributed by atoms with Crippen LogP contribution in [-0.2, 0) is 0 Å². The zero-order valence-electron chi connectivity index (χ0n) is 25.6. The van der Waals surface area contributed by atoms with Crippen molar-refractivity contribution in [2.24, 2.45) is 5.92 Å². The number of aromatic nitrogens is 2. The third kappa shape index (κ3) is 6.66. The number of rotatable bonds is 10. The predicted molar refractivity (Wildman–Crippen MR) is 165 cm³/mol. The van der Waals surface area contributed by atoms with E-state index in [1.54, 1.807) is 35.0 Å². The summed E-state index contributed by atoms with van der Waals surface area (Å²) in [5, 5.41) is 15.8. The van der Waals surface area contributed by atoms with E-state index >= 15 is 0 Å². The number of nitrogens with one attached hydrogen (secondary N) is 2. The van der Waals surface area contributed by atoms with Crippen molar-refractivity contribution >= 4 is 17.6 Å². The number of halogens is 2. The predicted octanol–water partition coefficient (Wildman–Crippen LogP) is 5.64. The molecular weight excluding hydrogens is 578 g/mol. The van der Waals surface area contributed by atoms with Gasteiger partial charge in [-0.25, -0.2) is 13.8 Å². The Balaban J connectivity index is 1.34. The molecule has 0 bridgehead atoms. The highest BCUT2D eigenvalue weighted by atomic mass is 19.3. The monoisotopic (exact) mass is 614 g/mol. The summed E-state index contributed by atoms with van der Waals surface area (Å²) in [5.41, 5.74) is 2.46. The van der Waals surface area contributed by atoms with Gasteiger partial charge in [0.05, 0.1) is 24.7 Å². The molecule has 1 aromatic carbocycles. The molecule has 2 aromatic heterocycles. The minimum absolute atomic E-state index is 0.00519. The molecule has 45 heavy (non-hydrogen) atoms. The summed E-state index contributed by atoms with van der Waals surface area (Å²) in [6.45, 7) is 5.30. The van der Waals surface area contributed by atoms with E-state index in [0.717, 1.165) is 29.8 Å². The number of hydrogen-bond donors (Lipinski definition) is 2. The second-order valence-corrected chi connectivity index (χ2v) is 12.9. The summed E-state index contributed by atoms with van der Waals surface area (Å²) >= 11 is 0. The Kier molecular flexibility index (Phi) is 8.04. The lowest BCUT2D eigenvalue weighted by Crippen LogP contribution is -2.58. The molecule has 2 N–H and O–H groups in total. The SMILES string of the molecule is CC(NCC1CC1)c1cc(C(=O)Nc2cc(-c3ccc(C#N)cc3C(=O)N3CC(F)(F)C3)cc(C3CC3)n2)c(=O)n(C(C)C)c1. The summed E-state index contributed by atoms with van der Waals surface area (Å²) in [7, 11) is 0. The summed E-state index contributed by atoms with van der Waals surface area (Å²) in [5.74, 6) is -3.09. The van der Waals surface area contributed by atoms with Crippen LogP contribution in [0.1, 0.15) is 102 Å². The number of pyridine rings is 2. The molecule has 2 amide bonds. The van der Waals surface area contributed by atoms with Gasteiger partial charge in [0.2, 0.25) is 0 Å². The number of amides is 2. The van der Waals surface area contributed by atoms with Gasteiger partial charge in [-0.05, 0) is 106 Å². The van der Waals surface area contributed by atoms with Crippen LogP contribution in [0.2, 0.25) is 0 Å². The molecule has 2 aliphatic carbocycles. The van der Waals surface area contributed by atoms with Crippen LogP contribution in [0.3, 0.4) is 0 Å². The molecule has 9 nitrogen and oxygen atoms in total. The van der Waals surface area contributed by atoms with Crippen molar-refractivity contribution in [3.8, 4) is 17.2 Å². The van der Waals surface area contributed by atoms with Crippen molar-refractivity contribution < 1.29 is 18.4 Å². The minimum Gasteiger partial charge on any atom is -0.326 e. The van der Waals surface area contributed by atoms with Gasteiger partial charge in [0.15, 0.2) is 0 Å². The maximum Gasteiger partial charge on any atom is 0.282 e. The van der Waals surface area contributed by atoms with E-state index in [2.05, 4.69) is 15.6 Å². The second kappa shape index (κ2) is 11.8. The average Bonchev–Trinajstić information content (AvgIpc) is 3.92. The van der Waals surface area contributed by atoms with Crippen LogP contribution in [0.4, 0.5) is 14.6 Å². The van der Waals surface area contributed by atoms with Crippen molar-refractivity contribution in [2.75, 3.05) is 25.0 Å². The summed E-state index contributed by atoms with van der Waals surface area (Å²) in [6.07, 6.45) is 6.05. The second-order valence-electron chi connectivity index (χ2n) is 12.9. The number of nitriles is 1. The molecule has 3 fully saturated rings. The van der Waals surface area contributed by atoms with Gasteiger partial charge in [-0.15, -0.1) is 0 Å². The number of anilines is 1. The topological polar surface area (TPSA) is 120 Å². The Bertz CT molecular complexity index is 1760. The summed E-state index contributed by atoms with van der Waals surface area (Å²) in [6, 6.07) is 11.4. The van der Waals surface area contributed by atoms with Crippen LogP contribution >= 0.6 is 0 Å². The van der Waals surface area contributed by atoms with Gasteiger partial charge in [0.25, 0.3) is 23.3 Å². The number of carbonyl (C=O) groups excluding carboxylic acids is 2. The first-order valence-corrected chi connectivity index (χ1v) is 15.5. The quantitative estimate of drug-likeness (QED) is 0.305. The van der Waals surface area contributed by atoms with E-state index in [0.29, 0.717) is 22.7 Å². The fourth-order valence-electron chi connectivity index (χ4n) is 5.60. The molecule has 1 aliphatic heterocycles. The van der Waals surface area contributed by atoms with Crippen LogP contribution in [0.25, 0.3) is 11.1 Å². The van der Waals surface area contributed by atoms with Gasteiger partial charge in [-0.1, -0.05) is 6.07 Å². The van der Waals surface area contributed by atoms with Crippen molar-refractivity contribution in [3.05, 3.63) is 80.9 Å².